The molecule has 4 atom stereocenters. The molecular formula is C10H11N4Na2O8P. The van der Waals surface area contributed by atoms with E-state index in [-0.39, 0.29) is 70.3 Å². The van der Waals surface area contributed by atoms with E-state index < -0.39 is 44.5 Å². The molecule has 0 spiro atoms. The number of imidazole rings is 1. The number of rotatable bonds is 4. The molecule has 2 aromatic heterocycles. The Hall–Kier alpha value is 0.340. The van der Waals surface area contributed by atoms with Gasteiger partial charge in [-0.1, -0.05) is 0 Å². The van der Waals surface area contributed by atoms with Crippen molar-refractivity contribution in [2.24, 2.45) is 0 Å². The molecule has 0 amide bonds. The molecule has 1 aliphatic rings. The number of aromatic amines is 1. The first-order valence-electron chi connectivity index (χ1n) is 6.36. The first-order valence-corrected chi connectivity index (χ1v) is 7.82. The monoisotopic (exact) mass is 392 g/mol. The van der Waals surface area contributed by atoms with E-state index in [0.717, 1.165) is 6.33 Å². The van der Waals surface area contributed by atoms with E-state index in [4.69, 9.17) is 4.74 Å². The van der Waals surface area contributed by atoms with Crippen LogP contribution in [0.15, 0.2) is 17.4 Å². The fourth-order valence-corrected chi connectivity index (χ4v) is 2.66. The number of H-pyrrole nitrogens is 1. The van der Waals surface area contributed by atoms with Crippen LogP contribution in [-0.4, -0.2) is 54.7 Å². The van der Waals surface area contributed by atoms with Crippen molar-refractivity contribution in [2.75, 3.05) is 6.61 Å². The van der Waals surface area contributed by atoms with Gasteiger partial charge in [-0.25, -0.2) is 4.98 Å². The maximum Gasteiger partial charge on any atom is 1.00 e. The maximum atomic E-state index is 11.5. The molecule has 2 aromatic rings. The maximum absolute atomic E-state index is 11.5. The van der Waals surface area contributed by atoms with Crippen LogP contribution in [0.4, 0.5) is 0 Å². The third-order valence-corrected chi connectivity index (χ3v) is 3.85. The van der Waals surface area contributed by atoms with Gasteiger partial charge in [-0.2, -0.15) is 4.98 Å². The Balaban J connectivity index is 0.00000156. The molecule has 1 fully saturated rings. The minimum atomic E-state index is -5.24. The number of nitrogens with zero attached hydrogens (tertiary/aromatic N) is 3. The number of hydrogen-bond donors (Lipinski definition) is 3. The Morgan fingerprint density at radius 2 is 2.00 bits per heavy atom. The summed E-state index contributed by atoms with van der Waals surface area (Å²) in [6, 6.07) is 0. The topological polar surface area (TPSA) is 186 Å². The van der Waals surface area contributed by atoms with Crippen molar-refractivity contribution >= 4 is 19.0 Å². The van der Waals surface area contributed by atoms with Gasteiger partial charge in [-0.15, -0.1) is 0 Å². The standard InChI is InChI=1S/C10H13N4O8P.2Na/c15-6-4(1-21-23(18,19)20)22-10(7(6)16)14-3-13-5-8(14)11-2-12-9(5)17;;/h2-4,6-7,10,15-16H,1H2,(H,11,12,17)(H2,18,19,20);;/q;2*+1/p-2. The van der Waals surface area contributed by atoms with Gasteiger partial charge in [0.2, 0.25) is 0 Å². The van der Waals surface area contributed by atoms with Crippen LogP contribution in [0.2, 0.25) is 0 Å². The summed E-state index contributed by atoms with van der Waals surface area (Å²) < 4.78 is 21.1. The normalized spacial score (nSPS) is 26.2. The van der Waals surface area contributed by atoms with Gasteiger partial charge in [0.25, 0.3) is 0 Å². The Labute approximate surface area is 184 Å². The van der Waals surface area contributed by atoms with Gasteiger partial charge in [0.05, 0.1) is 27.1 Å². The zero-order chi connectivity index (χ0) is 16.8. The molecule has 25 heavy (non-hydrogen) atoms. The molecule has 3 N–H and O–H groups in total. The summed E-state index contributed by atoms with van der Waals surface area (Å²) in [6.45, 7) is -0.746. The number of aromatic nitrogens is 4. The number of nitrogens with one attached hydrogen (secondary N) is 1. The summed E-state index contributed by atoms with van der Waals surface area (Å²) in [7, 11) is -5.24. The molecule has 12 nitrogen and oxygen atoms in total. The average molecular weight is 392 g/mol. The average Bonchev–Trinajstić information content (AvgIpc) is 3.01. The Bertz CT molecular complexity index is 825. The van der Waals surface area contributed by atoms with Crippen molar-refractivity contribution < 1.29 is 92.9 Å². The predicted molar refractivity (Wildman–Crippen MR) is 67.6 cm³/mol. The Morgan fingerprint density at radius 3 is 2.64 bits per heavy atom. The second-order valence-corrected chi connectivity index (χ2v) is 6.00. The van der Waals surface area contributed by atoms with Crippen molar-refractivity contribution in [2.45, 2.75) is 24.5 Å². The van der Waals surface area contributed by atoms with Gasteiger partial charge in [0.1, 0.15) is 24.0 Å². The van der Waals surface area contributed by atoms with Gasteiger partial charge in [0, 0.05) is 0 Å². The summed E-state index contributed by atoms with van der Waals surface area (Å²) in [5.41, 5.74) is -0.397. The molecule has 0 bridgehead atoms. The first-order chi connectivity index (χ1) is 10.8. The predicted octanol–water partition coefficient (Wildman–Crippen LogP) is -9.41. The number of hydrogen-bond acceptors (Lipinski definition) is 10. The third-order valence-electron chi connectivity index (χ3n) is 3.39. The number of fused-ring (bicyclic) bond motifs is 1. The van der Waals surface area contributed by atoms with Crippen LogP contribution in [-0.2, 0) is 13.8 Å². The van der Waals surface area contributed by atoms with Crippen LogP contribution in [0.25, 0.3) is 11.2 Å². The zero-order valence-corrected chi connectivity index (χ0v) is 18.2. The van der Waals surface area contributed by atoms with Crippen molar-refractivity contribution in [3.05, 3.63) is 23.0 Å². The van der Waals surface area contributed by atoms with Crippen molar-refractivity contribution in [3.63, 3.8) is 0 Å². The zero-order valence-electron chi connectivity index (χ0n) is 13.3. The molecule has 3 heterocycles. The third kappa shape index (κ3) is 4.99. The fraction of sp³-hybridized carbons (Fsp3) is 0.500. The minimum absolute atomic E-state index is 0. The van der Waals surface area contributed by atoms with E-state index in [1.165, 1.54) is 10.9 Å². The quantitative estimate of drug-likeness (QED) is 0.333. The van der Waals surface area contributed by atoms with Crippen molar-refractivity contribution in [1.82, 2.24) is 19.5 Å². The summed E-state index contributed by atoms with van der Waals surface area (Å²) in [6.07, 6.45) is -3.06. The van der Waals surface area contributed by atoms with Gasteiger partial charge in [-0.05, 0) is 0 Å². The second-order valence-electron chi connectivity index (χ2n) is 4.85. The smallest absolute Gasteiger partial charge is 0.790 e. The molecule has 1 saturated heterocycles. The largest absolute Gasteiger partial charge is 1.00 e. The minimum Gasteiger partial charge on any atom is -0.790 e. The molecule has 15 heteroatoms. The van der Waals surface area contributed by atoms with Crippen LogP contribution >= 0.6 is 7.82 Å². The summed E-state index contributed by atoms with van der Waals surface area (Å²) in [5.74, 6) is 0. The van der Waals surface area contributed by atoms with Crippen LogP contribution < -0.4 is 74.5 Å². The molecule has 3 rings (SSSR count). The number of aliphatic hydroxyl groups is 2. The van der Waals surface area contributed by atoms with Gasteiger partial charge >= 0.3 is 64.7 Å². The Kier molecular flexibility index (Phi) is 8.44. The summed E-state index contributed by atoms with van der Waals surface area (Å²) in [4.78, 5) is 42.5. The molecule has 1 aliphatic heterocycles. The van der Waals surface area contributed by atoms with E-state index in [0.29, 0.717) is 0 Å². The molecule has 4 unspecified atom stereocenters. The number of ether oxygens (including phenoxy) is 1. The van der Waals surface area contributed by atoms with E-state index in [2.05, 4.69) is 19.5 Å². The molecule has 0 aromatic carbocycles. The van der Waals surface area contributed by atoms with Crippen LogP contribution in [0, 0.1) is 0 Å². The van der Waals surface area contributed by atoms with Gasteiger partial charge in [-0.3, -0.25) is 9.36 Å². The van der Waals surface area contributed by atoms with Gasteiger partial charge in [0.15, 0.2) is 11.7 Å². The summed E-state index contributed by atoms with van der Waals surface area (Å²) in [5, 5.41) is 19.9. The SMILES string of the molecule is O=c1nc[nH]c2c1ncn2C1OC(COP(=O)([O-])[O-])C(O)C1O.[Na+].[Na+]. The molecule has 0 radical (unpaired) electrons. The molecule has 0 saturated carbocycles. The number of phosphoric ester groups is 1. The summed E-state index contributed by atoms with van der Waals surface area (Å²) >= 11 is 0. The number of phosphoric acid groups is 1. The second kappa shape index (κ2) is 9.02. The van der Waals surface area contributed by atoms with Crippen molar-refractivity contribution in [1.29, 1.82) is 0 Å². The molecule has 0 aliphatic carbocycles. The molecule has 126 valence electrons. The first kappa shape index (κ1) is 23.4. The Morgan fingerprint density at radius 1 is 1.32 bits per heavy atom. The van der Waals surface area contributed by atoms with E-state index >= 15 is 0 Å². The van der Waals surface area contributed by atoms with Crippen LogP contribution in [0.3, 0.4) is 0 Å². The van der Waals surface area contributed by atoms with Crippen LogP contribution in [0.5, 0.6) is 0 Å². The van der Waals surface area contributed by atoms with Crippen LogP contribution in [0.1, 0.15) is 6.23 Å². The van der Waals surface area contributed by atoms with E-state index in [1.807, 2.05) is 0 Å². The molecular weight excluding hydrogens is 381 g/mol. The van der Waals surface area contributed by atoms with Crippen molar-refractivity contribution in [3.8, 4) is 0 Å². The van der Waals surface area contributed by atoms with E-state index in [1.54, 1.807) is 0 Å². The van der Waals surface area contributed by atoms with E-state index in [9.17, 15) is 29.4 Å². The number of aliphatic hydroxyl groups excluding tert-OH is 2. The fourth-order valence-electron chi connectivity index (χ4n) is 2.33. The van der Waals surface area contributed by atoms with Gasteiger partial charge < -0.3 is 38.8 Å².